The molecule has 0 saturated carbocycles. The number of hydrogen-bond donors (Lipinski definition) is 0. The number of nitrogens with zero attached hydrogens (tertiary/aromatic N) is 5. The summed E-state index contributed by atoms with van der Waals surface area (Å²) in [5.41, 5.74) is 1.92. The molecule has 0 atom stereocenters. The minimum Gasteiger partial charge on any atom is -0.342 e. The third-order valence-electron chi connectivity index (χ3n) is 6.35. The Morgan fingerprint density at radius 2 is 1.97 bits per heavy atom. The second-order valence-electron chi connectivity index (χ2n) is 8.22. The smallest absolute Gasteiger partial charge is 0.255 e. The molecule has 0 aliphatic carbocycles. The average Bonchev–Trinajstić information content (AvgIpc) is 2.81. The van der Waals surface area contributed by atoms with E-state index < -0.39 is 0 Å². The number of hydrogen-bond acceptors (Lipinski definition) is 5. The van der Waals surface area contributed by atoms with Crippen molar-refractivity contribution in [1.82, 2.24) is 19.8 Å². The van der Waals surface area contributed by atoms with Crippen LogP contribution >= 0.6 is 0 Å². The van der Waals surface area contributed by atoms with E-state index in [0.29, 0.717) is 37.3 Å². The van der Waals surface area contributed by atoms with Crippen molar-refractivity contribution in [3.63, 3.8) is 0 Å². The summed E-state index contributed by atoms with van der Waals surface area (Å²) < 4.78 is 0. The molecule has 2 fully saturated rings. The molecule has 2 aliphatic heterocycles. The van der Waals surface area contributed by atoms with Crippen LogP contribution in [0.5, 0.6) is 0 Å². The van der Waals surface area contributed by atoms with Crippen molar-refractivity contribution < 1.29 is 9.59 Å². The van der Waals surface area contributed by atoms with Gasteiger partial charge in [0.2, 0.25) is 5.91 Å². The predicted octanol–water partition coefficient (Wildman–Crippen LogP) is 2.44. The lowest BCUT2D eigenvalue weighted by atomic mass is 9.72. The van der Waals surface area contributed by atoms with Gasteiger partial charge in [0, 0.05) is 57.1 Å². The molecule has 0 bridgehead atoms. The fraction of sp³-hybridized carbons (Fsp3) is 0.435. The van der Waals surface area contributed by atoms with Crippen LogP contribution in [-0.2, 0) is 11.2 Å². The molecule has 7 heteroatoms. The van der Waals surface area contributed by atoms with Crippen molar-refractivity contribution in [3.8, 4) is 6.07 Å². The predicted molar refractivity (Wildman–Crippen MR) is 110 cm³/mol. The summed E-state index contributed by atoms with van der Waals surface area (Å²) in [4.78, 5) is 37.4. The van der Waals surface area contributed by atoms with E-state index in [1.807, 2.05) is 34.1 Å². The maximum Gasteiger partial charge on any atom is 0.255 e. The van der Waals surface area contributed by atoms with Crippen LogP contribution in [0.1, 0.15) is 47.4 Å². The molecule has 2 aromatic rings. The Kier molecular flexibility index (Phi) is 5.75. The maximum absolute atomic E-state index is 12.8. The molecule has 2 aliphatic rings. The molecule has 30 heavy (non-hydrogen) atoms. The highest BCUT2D eigenvalue weighted by molar-refractivity contribution is 5.94. The Morgan fingerprint density at radius 1 is 1.13 bits per heavy atom. The molecule has 0 radical (unpaired) electrons. The fourth-order valence-electron chi connectivity index (χ4n) is 4.46. The number of aromatic nitrogens is 2. The minimum absolute atomic E-state index is 0.0410. The van der Waals surface area contributed by atoms with E-state index in [1.165, 1.54) is 6.20 Å². The second-order valence-corrected chi connectivity index (χ2v) is 8.22. The average molecular weight is 403 g/mol. The van der Waals surface area contributed by atoms with Gasteiger partial charge in [-0.1, -0.05) is 6.07 Å². The van der Waals surface area contributed by atoms with E-state index in [2.05, 4.69) is 9.97 Å². The Labute approximate surface area is 176 Å². The van der Waals surface area contributed by atoms with E-state index in [0.717, 1.165) is 37.9 Å². The van der Waals surface area contributed by atoms with Crippen molar-refractivity contribution in [2.45, 2.75) is 32.1 Å². The lowest BCUT2D eigenvalue weighted by Crippen LogP contribution is -2.52. The van der Waals surface area contributed by atoms with E-state index in [9.17, 15) is 9.59 Å². The van der Waals surface area contributed by atoms with Gasteiger partial charge in [-0.15, -0.1) is 0 Å². The zero-order valence-electron chi connectivity index (χ0n) is 17.0. The molecule has 0 N–H and O–H groups in total. The first-order valence-electron chi connectivity index (χ1n) is 10.4. The van der Waals surface area contributed by atoms with Gasteiger partial charge >= 0.3 is 0 Å². The lowest BCUT2D eigenvalue weighted by Gasteiger charge is -2.47. The van der Waals surface area contributed by atoms with Crippen molar-refractivity contribution >= 4 is 11.8 Å². The Balaban J connectivity index is 1.35. The SMILES string of the molecule is N#Cc1ccc(C(=O)N2CCC3(CCC(=O)N(CCc4ccccn4)C3)CC2)cn1. The summed E-state index contributed by atoms with van der Waals surface area (Å²) in [6.45, 7) is 2.82. The first-order valence-corrected chi connectivity index (χ1v) is 10.4. The number of amides is 2. The topological polar surface area (TPSA) is 90.2 Å². The van der Waals surface area contributed by atoms with Crippen LogP contribution in [0.4, 0.5) is 0 Å². The number of pyridine rings is 2. The maximum atomic E-state index is 12.8. The summed E-state index contributed by atoms with van der Waals surface area (Å²) >= 11 is 0. The van der Waals surface area contributed by atoms with Crippen molar-refractivity contribution in [2.75, 3.05) is 26.2 Å². The number of nitriles is 1. The van der Waals surface area contributed by atoms with Gasteiger partial charge in [-0.2, -0.15) is 5.26 Å². The highest BCUT2D eigenvalue weighted by Gasteiger charge is 2.41. The number of rotatable bonds is 4. The van der Waals surface area contributed by atoms with Crippen LogP contribution in [0.2, 0.25) is 0 Å². The van der Waals surface area contributed by atoms with Gasteiger partial charge in [0.15, 0.2) is 0 Å². The molecule has 4 rings (SSSR count). The zero-order valence-corrected chi connectivity index (χ0v) is 17.0. The quantitative estimate of drug-likeness (QED) is 0.782. The number of piperidine rings is 2. The van der Waals surface area contributed by atoms with Gasteiger partial charge in [0.05, 0.1) is 5.56 Å². The first-order chi connectivity index (χ1) is 14.6. The van der Waals surface area contributed by atoms with Crippen molar-refractivity contribution in [2.24, 2.45) is 5.41 Å². The molecule has 4 heterocycles. The van der Waals surface area contributed by atoms with Crippen molar-refractivity contribution in [1.29, 1.82) is 5.26 Å². The molecule has 154 valence electrons. The molecule has 1 spiro atoms. The van der Waals surface area contributed by atoms with Crippen molar-refractivity contribution in [3.05, 3.63) is 59.7 Å². The van der Waals surface area contributed by atoms with Crippen LogP contribution in [0, 0.1) is 16.7 Å². The Hall–Kier alpha value is -3.27. The number of carbonyl (C=O) groups is 2. The fourth-order valence-corrected chi connectivity index (χ4v) is 4.46. The summed E-state index contributed by atoms with van der Waals surface area (Å²) in [6.07, 6.45) is 7.29. The second kappa shape index (κ2) is 8.62. The number of likely N-dealkylation sites (tertiary alicyclic amines) is 2. The van der Waals surface area contributed by atoms with Gasteiger partial charge in [-0.25, -0.2) is 4.98 Å². The summed E-state index contributed by atoms with van der Waals surface area (Å²) in [7, 11) is 0. The van der Waals surface area contributed by atoms with Gasteiger partial charge in [0.25, 0.3) is 5.91 Å². The molecule has 0 aromatic carbocycles. The molecule has 0 unspecified atom stereocenters. The Morgan fingerprint density at radius 3 is 2.63 bits per heavy atom. The molecule has 2 amide bonds. The van der Waals surface area contributed by atoms with Crippen LogP contribution < -0.4 is 0 Å². The first kappa shape index (κ1) is 20.0. The Bertz CT molecular complexity index is 944. The van der Waals surface area contributed by atoms with Gasteiger partial charge in [-0.3, -0.25) is 14.6 Å². The third kappa shape index (κ3) is 4.33. The molecule has 7 nitrogen and oxygen atoms in total. The highest BCUT2D eigenvalue weighted by Crippen LogP contribution is 2.40. The third-order valence-corrected chi connectivity index (χ3v) is 6.35. The molecular weight excluding hydrogens is 378 g/mol. The molecular formula is C23H25N5O2. The summed E-state index contributed by atoms with van der Waals surface area (Å²) in [5, 5.41) is 8.86. The summed E-state index contributed by atoms with van der Waals surface area (Å²) in [6, 6.07) is 11.1. The normalized spacial score (nSPS) is 18.3. The molecule has 2 saturated heterocycles. The minimum atomic E-state index is -0.0410. The van der Waals surface area contributed by atoms with Gasteiger partial charge in [0.1, 0.15) is 11.8 Å². The van der Waals surface area contributed by atoms with Gasteiger partial charge < -0.3 is 9.80 Å². The largest absolute Gasteiger partial charge is 0.342 e. The van der Waals surface area contributed by atoms with Crippen LogP contribution in [0.3, 0.4) is 0 Å². The number of carbonyl (C=O) groups excluding carboxylic acids is 2. The lowest BCUT2D eigenvalue weighted by molar-refractivity contribution is -0.138. The zero-order chi connectivity index (χ0) is 21.0. The summed E-state index contributed by atoms with van der Waals surface area (Å²) in [5.74, 6) is 0.180. The van der Waals surface area contributed by atoms with Gasteiger partial charge in [-0.05, 0) is 48.9 Å². The van der Waals surface area contributed by atoms with Crippen LogP contribution in [-0.4, -0.2) is 57.8 Å². The van der Waals surface area contributed by atoms with E-state index in [-0.39, 0.29) is 17.2 Å². The van der Waals surface area contributed by atoms with E-state index in [4.69, 9.17) is 5.26 Å². The standard InChI is InChI=1S/C23H25N5O2/c24-15-20-5-4-18(16-26-20)22(30)27-13-9-23(10-14-27)8-6-21(29)28(17-23)12-7-19-3-1-2-11-25-19/h1-5,11,16H,6-10,12-14,17H2. The van der Waals surface area contributed by atoms with E-state index in [1.54, 1.807) is 18.3 Å². The van der Waals surface area contributed by atoms with Crippen LogP contribution in [0.25, 0.3) is 0 Å². The molecule has 2 aromatic heterocycles. The van der Waals surface area contributed by atoms with E-state index >= 15 is 0 Å². The highest BCUT2D eigenvalue weighted by atomic mass is 16.2. The van der Waals surface area contributed by atoms with Crippen LogP contribution in [0.15, 0.2) is 42.7 Å². The monoisotopic (exact) mass is 403 g/mol.